The summed E-state index contributed by atoms with van der Waals surface area (Å²) in [6.07, 6.45) is 7.64. The first-order valence-corrected chi connectivity index (χ1v) is 7.84. The molecule has 0 radical (unpaired) electrons. The molecule has 0 aromatic carbocycles. The topological polar surface area (TPSA) is 0 Å². The van der Waals surface area contributed by atoms with Crippen LogP contribution in [0, 0.1) is 10.8 Å². The molecule has 3 aliphatic rings. The quantitative estimate of drug-likeness (QED) is 0.606. The molecule has 0 bridgehead atoms. The molecule has 0 unspecified atom stereocenters. The molecule has 74 valence electrons. The molecule has 2 heterocycles. The fourth-order valence-corrected chi connectivity index (χ4v) is 7.74. The van der Waals surface area contributed by atoms with E-state index in [1.165, 1.54) is 42.3 Å². The van der Waals surface area contributed by atoms with Crippen LogP contribution >= 0.6 is 23.5 Å². The van der Waals surface area contributed by atoms with Crippen LogP contribution in [0.3, 0.4) is 0 Å². The van der Waals surface area contributed by atoms with E-state index in [1.54, 1.807) is 12.8 Å². The van der Waals surface area contributed by atoms with Crippen LogP contribution in [-0.2, 0) is 0 Å². The Hall–Kier alpha value is 0.700. The lowest BCUT2D eigenvalue weighted by molar-refractivity contribution is 0.149. The molecule has 0 aromatic heterocycles. The van der Waals surface area contributed by atoms with E-state index in [1.807, 2.05) is 0 Å². The second-order valence-corrected chi connectivity index (χ2v) is 7.08. The van der Waals surface area contributed by atoms with Gasteiger partial charge in [0.1, 0.15) is 0 Å². The molecule has 0 aromatic rings. The van der Waals surface area contributed by atoms with E-state index in [4.69, 9.17) is 0 Å². The van der Waals surface area contributed by atoms with E-state index in [9.17, 15) is 0 Å². The lowest BCUT2D eigenvalue weighted by atomic mass is 9.65. The van der Waals surface area contributed by atoms with Crippen LogP contribution in [0.4, 0.5) is 0 Å². The summed E-state index contributed by atoms with van der Waals surface area (Å²) in [5.41, 5.74) is 1.58. The first kappa shape index (κ1) is 8.96. The Kier molecular flexibility index (Phi) is 2.13. The third-order valence-corrected chi connectivity index (χ3v) is 7.48. The van der Waals surface area contributed by atoms with Gasteiger partial charge in [-0.3, -0.25) is 0 Å². The average Bonchev–Trinajstić information content (AvgIpc) is 2.55. The van der Waals surface area contributed by atoms with Crippen molar-refractivity contribution in [1.29, 1.82) is 0 Å². The van der Waals surface area contributed by atoms with Gasteiger partial charge in [0.2, 0.25) is 0 Å². The van der Waals surface area contributed by atoms with Crippen molar-refractivity contribution < 1.29 is 0 Å². The summed E-state index contributed by atoms with van der Waals surface area (Å²) >= 11 is 4.50. The molecule has 2 aliphatic heterocycles. The molecule has 2 heteroatoms. The minimum Gasteiger partial charge on any atom is -0.161 e. The van der Waals surface area contributed by atoms with Gasteiger partial charge < -0.3 is 0 Å². The van der Waals surface area contributed by atoms with Gasteiger partial charge in [-0.25, -0.2) is 0 Å². The van der Waals surface area contributed by atoms with Gasteiger partial charge >= 0.3 is 0 Å². The van der Waals surface area contributed by atoms with Crippen molar-refractivity contribution in [2.24, 2.45) is 10.8 Å². The predicted molar refractivity (Wildman–Crippen MR) is 62.6 cm³/mol. The van der Waals surface area contributed by atoms with Gasteiger partial charge in [-0.1, -0.05) is 19.3 Å². The zero-order valence-corrected chi connectivity index (χ0v) is 9.81. The Labute approximate surface area is 89.6 Å². The Bertz CT molecular complexity index is 182. The average molecular weight is 214 g/mol. The van der Waals surface area contributed by atoms with Crippen LogP contribution in [0.2, 0.25) is 0 Å². The van der Waals surface area contributed by atoms with Crippen molar-refractivity contribution in [3.63, 3.8) is 0 Å². The summed E-state index contributed by atoms with van der Waals surface area (Å²) in [5.74, 6) is 5.94. The second-order valence-electron chi connectivity index (χ2n) is 5.11. The van der Waals surface area contributed by atoms with Gasteiger partial charge in [0.25, 0.3) is 0 Å². The van der Waals surface area contributed by atoms with Crippen molar-refractivity contribution in [1.82, 2.24) is 0 Å². The van der Waals surface area contributed by atoms with E-state index in [-0.39, 0.29) is 0 Å². The van der Waals surface area contributed by atoms with E-state index < -0.39 is 0 Å². The first-order valence-electron chi connectivity index (χ1n) is 5.53. The third kappa shape index (κ3) is 1.14. The maximum atomic E-state index is 2.25. The molecule has 13 heavy (non-hydrogen) atoms. The summed E-state index contributed by atoms with van der Waals surface area (Å²) in [6.45, 7) is 0. The zero-order chi connectivity index (χ0) is 8.78. The summed E-state index contributed by atoms with van der Waals surface area (Å²) in [7, 11) is 0. The van der Waals surface area contributed by atoms with E-state index in [2.05, 4.69) is 23.5 Å². The number of rotatable bonds is 0. The van der Waals surface area contributed by atoms with Crippen molar-refractivity contribution >= 4 is 23.5 Å². The van der Waals surface area contributed by atoms with Crippen molar-refractivity contribution in [3.8, 4) is 0 Å². The lowest BCUT2D eigenvalue weighted by Gasteiger charge is -2.37. The molecule has 2 saturated heterocycles. The minimum atomic E-state index is 0.791. The van der Waals surface area contributed by atoms with E-state index >= 15 is 0 Å². The molecule has 0 N–H and O–H groups in total. The van der Waals surface area contributed by atoms with Crippen molar-refractivity contribution in [2.45, 2.75) is 32.1 Å². The van der Waals surface area contributed by atoms with Gasteiger partial charge in [-0.05, 0) is 23.7 Å². The Morgan fingerprint density at radius 3 is 1.54 bits per heavy atom. The Morgan fingerprint density at radius 2 is 1.08 bits per heavy atom. The number of hydrogen-bond acceptors (Lipinski definition) is 2. The van der Waals surface area contributed by atoms with Gasteiger partial charge in [0.15, 0.2) is 0 Å². The highest BCUT2D eigenvalue weighted by atomic mass is 32.2. The number of thioether (sulfide) groups is 2. The van der Waals surface area contributed by atoms with Crippen molar-refractivity contribution in [2.75, 3.05) is 23.0 Å². The number of hydrogen-bond donors (Lipinski definition) is 0. The standard InChI is InChI=1S/C11H18S2/c1-2-4-10-6-12-8-11(10,5-3-1)9-13-7-10/h1-9H2. The van der Waals surface area contributed by atoms with Crippen LogP contribution in [0.5, 0.6) is 0 Å². The molecule has 0 nitrogen and oxygen atoms in total. The van der Waals surface area contributed by atoms with Gasteiger partial charge in [0, 0.05) is 23.0 Å². The monoisotopic (exact) mass is 214 g/mol. The smallest absolute Gasteiger partial charge is 0.000325 e. The normalized spacial score (nSPS) is 49.8. The van der Waals surface area contributed by atoms with Gasteiger partial charge in [0.05, 0.1) is 0 Å². The SMILES string of the molecule is C1CCC23CSCC2(CC1)CSC3. The molecular weight excluding hydrogens is 196 g/mol. The minimum absolute atomic E-state index is 0.791. The summed E-state index contributed by atoms with van der Waals surface area (Å²) < 4.78 is 0. The third-order valence-electron chi connectivity index (χ3n) is 4.45. The summed E-state index contributed by atoms with van der Waals surface area (Å²) in [5, 5.41) is 0. The maximum Gasteiger partial charge on any atom is 0.000325 e. The van der Waals surface area contributed by atoms with Gasteiger partial charge in [-0.2, -0.15) is 23.5 Å². The van der Waals surface area contributed by atoms with E-state index in [0.29, 0.717) is 0 Å². The molecule has 3 fully saturated rings. The molecule has 0 atom stereocenters. The van der Waals surface area contributed by atoms with Crippen LogP contribution < -0.4 is 0 Å². The summed E-state index contributed by atoms with van der Waals surface area (Å²) in [4.78, 5) is 0. The Morgan fingerprint density at radius 1 is 0.615 bits per heavy atom. The molecular formula is C11H18S2. The second kappa shape index (κ2) is 3.10. The van der Waals surface area contributed by atoms with Crippen LogP contribution in [-0.4, -0.2) is 23.0 Å². The zero-order valence-electron chi connectivity index (χ0n) is 8.18. The van der Waals surface area contributed by atoms with Crippen LogP contribution in [0.15, 0.2) is 0 Å². The highest BCUT2D eigenvalue weighted by Gasteiger charge is 2.57. The largest absolute Gasteiger partial charge is 0.161 e. The fourth-order valence-electron chi connectivity index (χ4n) is 3.50. The molecule has 3 rings (SSSR count). The molecule has 0 amide bonds. The van der Waals surface area contributed by atoms with E-state index in [0.717, 1.165) is 10.8 Å². The van der Waals surface area contributed by atoms with Crippen LogP contribution in [0.25, 0.3) is 0 Å². The predicted octanol–water partition coefficient (Wildman–Crippen LogP) is 3.42. The maximum absolute atomic E-state index is 2.25. The highest BCUT2D eigenvalue weighted by molar-refractivity contribution is 8.01. The Balaban J connectivity index is 1.97. The lowest BCUT2D eigenvalue weighted by Crippen LogP contribution is -2.38. The fraction of sp³-hybridized carbons (Fsp3) is 1.00. The van der Waals surface area contributed by atoms with Crippen molar-refractivity contribution in [3.05, 3.63) is 0 Å². The van der Waals surface area contributed by atoms with Crippen LogP contribution in [0.1, 0.15) is 32.1 Å². The van der Waals surface area contributed by atoms with Gasteiger partial charge in [-0.15, -0.1) is 0 Å². The highest BCUT2D eigenvalue weighted by Crippen LogP contribution is 2.64. The first-order chi connectivity index (χ1) is 6.37. The molecule has 1 aliphatic carbocycles. The molecule has 0 spiro atoms. The summed E-state index contributed by atoms with van der Waals surface area (Å²) in [6, 6.07) is 0. The molecule has 1 saturated carbocycles.